The summed E-state index contributed by atoms with van der Waals surface area (Å²) in [5.74, 6) is 1.22. The van der Waals surface area contributed by atoms with Crippen molar-refractivity contribution < 1.29 is 18.3 Å². The molecule has 0 aliphatic carbocycles. The Morgan fingerprint density at radius 1 is 1.12 bits per heavy atom. The first-order chi connectivity index (χ1) is 12.6. The Kier molecular flexibility index (Phi) is 7.60. The molecule has 6 nitrogen and oxygen atoms in total. The van der Waals surface area contributed by atoms with Gasteiger partial charge in [-0.15, -0.1) is 0 Å². The van der Waals surface area contributed by atoms with Crippen molar-refractivity contribution in [3.8, 4) is 11.6 Å². The van der Waals surface area contributed by atoms with Crippen molar-refractivity contribution in [3.63, 3.8) is 0 Å². The molecule has 0 fully saturated rings. The number of ether oxygens (including phenoxy) is 2. The van der Waals surface area contributed by atoms with E-state index in [1.165, 1.54) is 6.07 Å². The van der Waals surface area contributed by atoms with Crippen molar-refractivity contribution in [2.24, 2.45) is 4.99 Å². The van der Waals surface area contributed by atoms with E-state index in [2.05, 4.69) is 25.3 Å². The van der Waals surface area contributed by atoms with Gasteiger partial charge in [0.05, 0.1) is 6.61 Å². The third-order valence-electron chi connectivity index (χ3n) is 3.44. The van der Waals surface area contributed by atoms with Gasteiger partial charge < -0.3 is 20.1 Å². The minimum absolute atomic E-state index is 0.136. The summed E-state index contributed by atoms with van der Waals surface area (Å²) in [5.41, 5.74) is 1.49. The number of para-hydroxylation sites is 1. The fourth-order valence-electron chi connectivity index (χ4n) is 2.26. The lowest BCUT2D eigenvalue weighted by Gasteiger charge is -2.15. The lowest BCUT2D eigenvalue weighted by Crippen LogP contribution is -2.36. The first-order valence-electron chi connectivity index (χ1n) is 8.18. The molecule has 2 rings (SSSR count). The van der Waals surface area contributed by atoms with Gasteiger partial charge in [0.1, 0.15) is 5.75 Å². The van der Waals surface area contributed by atoms with Gasteiger partial charge in [-0.3, -0.25) is 4.99 Å². The van der Waals surface area contributed by atoms with E-state index in [1.807, 2.05) is 19.1 Å². The molecule has 0 aliphatic heterocycles. The number of benzene rings is 1. The third-order valence-corrected chi connectivity index (χ3v) is 3.44. The fraction of sp³-hybridized carbons (Fsp3) is 0.333. The Balaban J connectivity index is 1.95. The number of aliphatic imine (C=N–C) groups is 1. The number of rotatable bonds is 8. The van der Waals surface area contributed by atoms with Crippen LogP contribution in [0, 0.1) is 0 Å². The zero-order valence-electron chi connectivity index (χ0n) is 14.7. The normalized spacial score (nSPS) is 11.3. The highest BCUT2D eigenvalue weighted by Gasteiger charge is 2.10. The van der Waals surface area contributed by atoms with E-state index in [-0.39, 0.29) is 12.3 Å². The topological polar surface area (TPSA) is 67.8 Å². The molecular weight excluding hydrogens is 342 g/mol. The number of nitrogens with one attached hydrogen (secondary N) is 2. The Morgan fingerprint density at radius 3 is 2.50 bits per heavy atom. The van der Waals surface area contributed by atoms with Gasteiger partial charge in [-0.25, -0.2) is 4.98 Å². The fourth-order valence-corrected chi connectivity index (χ4v) is 2.26. The summed E-state index contributed by atoms with van der Waals surface area (Å²) >= 11 is 0. The van der Waals surface area contributed by atoms with Gasteiger partial charge in [0.15, 0.2) is 5.96 Å². The van der Waals surface area contributed by atoms with Crippen LogP contribution in [0.4, 0.5) is 8.78 Å². The van der Waals surface area contributed by atoms with Gasteiger partial charge in [-0.2, -0.15) is 8.78 Å². The average molecular weight is 364 g/mol. The summed E-state index contributed by atoms with van der Waals surface area (Å²) in [6.07, 6.45) is 1.67. The molecule has 8 heteroatoms. The minimum Gasteiger partial charge on any atom is -0.478 e. The highest BCUT2D eigenvalue weighted by atomic mass is 19.3. The average Bonchev–Trinajstić information content (AvgIpc) is 2.64. The molecule has 1 aromatic carbocycles. The number of aromatic nitrogens is 1. The maximum atomic E-state index is 12.5. The second-order valence-corrected chi connectivity index (χ2v) is 5.17. The van der Waals surface area contributed by atoms with Gasteiger partial charge in [0.25, 0.3) is 0 Å². The van der Waals surface area contributed by atoms with Crippen LogP contribution in [0.2, 0.25) is 0 Å². The predicted molar refractivity (Wildman–Crippen MR) is 95.5 cm³/mol. The van der Waals surface area contributed by atoms with Crippen LogP contribution in [-0.2, 0) is 13.1 Å². The Bertz CT molecular complexity index is 726. The molecule has 0 radical (unpaired) electrons. The number of pyridine rings is 1. The van der Waals surface area contributed by atoms with E-state index in [0.29, 0.717) is 30.6 Å². The minimum atomic E-state index is -2.86. The number of nitrogens with zero attached hydrogens (tertiary/aromatic N) is 2. The maximum absolute atomic E-state index is 12.5. The van der Waals surface area contributed by atoms with Crippen LogP contribution in [0.1, 0.15) is 18.1 Å². The standard InChI is InChI=1S/C18H22F2N4O2/c1-3-25-16-14(8-6-10-22-16)12-24-18(21-2)23-11-13-7-4-5-9-15(13)26-17(19)20/h4-10,17H,3,11-12H2,1-2H3,(H2,21,23,24). The summed E-state index contributed by atoms with van der Waals surface area (Å²) in [5, 5.41) is 6.22. The Hall–Kier alpha value is -2.90. The number of guanidine groups is 1. The molecule has 0 aliphatic rings. The SMILES string of the molecule is CCOc1ncccc1CNC(=NC)NCc1ccccc1OC(F)F. The quantitative estimate of drug-likeness (QED) is 0.557. The van der Waals surface area contributed by atoms with Crippen LogP contribution < -0.4 is 20.1 Å². The van der Waals surface area contributed by atoms with E-state index >= 15 is 0 Å². The Morgan fingerprint density at radius 2 is 1.81 bits per heavy atom. The van der Waals surface area contributed by atoms with Gasteiger partial charge in [0.2, 0.25) is 5.88 Å². The molecule has 0 unspecified atom stereocenters. The summed E-state index contributed by atoms with van der Waals surface area (Å²) in [6, 6.07) is 10.4. The zero-order chi connectivity index (χ0) is 18.8. The van der Waals surface area contributed by atoms with Crippen LogP contribution in [-0.4, -0.2) is 31.2 Å². The van der Waals surface area contributed by atoms with E-state index in [1.54, 1.807) is 31.4 Å². The summed E-state index contributed by atoms with van der Waals surface area (Å²) in [7, 11) is 1.63. The van der Waals surface area contributed by atoms with Crippen LogP contribution >= 0.6 is 0 Å². The highest BCUT2D eigenvalue weighted by Crippen LogP contribution is 2.20. The largest absolute Gasteiger partial charge is 0.478 e. The molecule has 2 N–H and O–H groups in total. The molecule has 0 saturated carbocycles. The lowest BCUT2D eigenvalue weighted by molar-refractivity contribution is -0.0504. The molecule has 0 saturated heterocycles. The van der Waals surface area contributed by atoms with E-state index in [9.17, 15) is 8.78 Å². The van der Waals surface area contributed by atoms with E-state index < -0.39 is 6.61 Å². The first-order valence-corrected chi connectivity index (χ1v) is 8.18. The number of alkyl halides is 2. The molecule has 1 aromatic heterocycles. The predicted octanol–water partition coefficient (Wildman–Crippen LogP) is 2.95. The number of hydrogen-bond donors (Lipinski definition) is 2. The highest BCUT2D eigenvalue weighted by molar-refractivity contribution is 5.79. The van der Waals surface area contributed by atoms with Gasteiger partial charge in [0, 0.05) is 37.5 Å². The van der Waals surface area contributed by atoms with Crippen LogP contribution in [0.15, 0.2) is 47.6 Å². The molecule has 140 valence electrons. The molecule has 0 atom stereocenters. The van der Waals surface area contributed by atoms with Crippen molar-refractivity contribution in [3.05, 3.63) is 53.7 Å². The van der Waals surface area contributed by atoms with Gasteiger partial charge in [-0.05, 0) is 19.1 Å². The summed E-state index contributed by atoms with van der Waals surface area (Å²) < 4.78 is 35.0. The molecule has 0 amide bonds. The van der Waals surface area contributed by atoms with Crippen LogP contribution in [0.3, 0.4) is 0 Å². The van der Waals surface area contributed by atoms with Crippen LogP contribution in [0.5, 0.6) is 11.6 Å². The molecule has 0 spiro atoms. The van der Waals surface area contributed by atoms with Crippen LogP contribution in [0.25, 0.3) is 0 Å². The smallest absolute Gasteiger partial charge is 0.387 e. The summed E-state index contributed by atoms with van der Waals surface area (Å²) in [6.45, 7) is 0.297. The molecule has 2 aromatic rings. The van der Waals surface area contributed by atoms with Crippen molar-refractivity contribution in [1.82, 2.24) is 15.6 Å². The molecule has 0 bridgehead atoms. The second kappa shape index (κ2) is 10.2. The van der Waals surface area contributed by atoms with Gasteiger partial charge >= 0.3 is 6.61 Å². The third kappa shape index (κ3) is 5.87. The lowest BCUT2D eigenvalue weighted by atomic mass is 10.2. The zero-order valence-corrected chi connectivity index (χ0v) is 14.7. The molecule has 26 heavy (non-hydrogen) atoms. The van der Waals surface area contributed by atoms with E-state index in [4.69, 9.17) is 4.74 Å². The summed E-state index contributed by atoms with van der Waals surface area (Å²) in [4.78, 5) is 8.32. The second-order valence-electron chi connectivity index (χ2n) is 5.17. The monoisotopic (exact) mass is 364 g/mol. The molecular formula is C18H22F2N4O2. The molecule has 1 heterocycles. The van der Waals surface area contributed by atoms with Gasteiger partial charge in [-0.1, -0.05) is 24.3 Å². The number of halogens is 2. The number of hydrogen-bond acceptors (Lipinski definition) is 4. The van der Waals surface area contributed by atoms with Crippen molar-refractivity contribution in [2.45, 2.75) is 26.6 Å². The Labute approximate surface area is 151 Å². The van der Waals surface area contributed by atoms with E-state index in [0.717, 1.165) is 5.56 Å². The first kappa shape index (κ1) is 19.4. The van der Waals surface area contributed by atoms with Crippen molar-refractivity contribution >= 4 is 5.96 Å². The van der Waals surface area contributed by atoms with Crippen molar-refractivity contribution in [2.75, 3.05) is 13.7 Å². The maximum Gasteiger partial charge on any atom is 0.387 e. The van der Waals surface area contributed by atoms with Crippen molar-refractivity contribution in [1.29, 1.82) is 0 Å².